The van der Waals surface area contributed by atoms with Crippen molar-refractivity contribution in [3.8, 4) is 5.75 Å². The normalized spacial score (nSPS) is 11.2. The van der Waals surface area contributed by atoms with E-state index in [9.17, 15) is 9.59 Å². The Bertz CT molecular complexity index is 1020. The minimum Gasteiger partial charge on any atom is -0.487 e. The highest BCUT2D eigenvalue weighted by atomic mass is 16.5. The van der Waals surface area contributed by atoms with Crippen LogP contribution in [0.4, 0.5) is 0 Å². The van der Waals surface area contributed by atoms with E-state index >= 15 is 0 Å². The first kappa shape index (κ1) is 19.9. The monoisotopic (exact) mass is 387 g/mol. The molecule has 1 aromatic carbocycles. The Morgan fingerprint density at radius 3 is 2.38 bits per heavy atom. The molecule has 0 radical (unpaired) electrons. The Morgan fingerprint density at radius 2 is 1.72 bits per heavy atom. The first-order chi connectivity index (χ1) is 14.1. The number of aromatic nitrogens is 3. The van der Waals surface area contributed by atoms with Crippen LogP contribution >= 0.6 is 0 Å². The van der Waals surface area contributed by atoms with Gasteiger partial charge in [-0.05, 0) is 54.1 Å². The van der Waals surface area contributed by atoms with Gasteiger partial charge in [0.25, 0.3) is 0 Å². The summed E-state index contributed by atoms with van der Waals surface area (Å²) >= 11 is 0. The number of carbonyl (C=O) groups excluding carboxylic acids is 2. The zero-order valence-corrected chi connectivity index (χ0v) is 16.1. The van der Waals surface area contributed by atoms with E-state index in [2.05, 4.69) is 10.1 Å². The maximum Gasteiger partial charge on any atom is 0.163 e. The molecule has 0 aliphatic rings. The Hall–Kier alpha value is -3.80. The minimum absolute atomic E-state index is 0.171. The number of aryl methyl sites for hydroxylation is 1. The molecule has 6 nitrogen and oxygen atoms in total. The van der Waals surface area contributed by atoms with E-state index in [4.69, 9.17) is 4.74 Å². The Balaban J connectivity index is 1.47. The van der Waals surface area contributed by atoms with E-state index in [0.29, 0.717) is 6.61 Å². The molecule has 0 saturated carbocycles. The van der Waals surface area contributed by atoms with Gasteiger partial charge >= 0.3 is 0 Å². The topological polar surface area (TPSA) is 74.1 Å². The van der Waals surface area contributed by atoms with Crippen molar-refractivity contribution >= 4 is 23.7 Å². The first-order valence-corrected chi connectivity index (χ1v) is 9.13. The number of ketones is 2. The molecule has 3 aromatic rings. The number of benzene rings is 1. The van der Waals surface area contributed by atoms with E-state index < -0.39 is 0 Å². The molecule has 0 unspecified atom stereocenters. The van der Waals surface area contributed by atoms with Gasteiger partial charge in [0.05, 0.1) is 17.8 Å². The fraction of sp³-hybridized carbons (Fsp3) is 0.130. The Kier molecular flexibility index (Phi) is 6.84. The molecule has 0 saturated heterocycles. The van der Waals surface area contributed by atoms with Crippen molar-refractivity contribution in [3.63, 3.8) is 0 Å². The molecule has 0 bridgehead atoms. The van der Waals surface area contributed by atoms with Crippen LogP contribution in [0.2, 0.25) is 0 Å². The largest absolute Gasteiger partial charge is 0.487 e. The molecule has 0 aliphatic heterocycles. The highest BCUT2D eigenvalue weighted by molar-refractivity contribution is 6.10. The molecule has 0 aliphatic carbocycles. The average molecular weight is 387 g/mol. The summed E-state index contributed by atoms with van der Waals surface area (Å²) < 4.78 is 7.33. The van der Waals surface area contributed by atoms with Gasteiger partial charge in [0.1, 0.15) is 12.4 Å². The lowest BCUT2D eigenvalue weighted by Gasteiger charge is -2.05. The van der Waals surface area contributed by atoms with Crippen LogP contribution in [0.25, 0.3) is 12.2 Å². The van der Waals surface area contributed by atoms with Crippen LogP contribution in [-0.2, 0) is 23.2 Å². The molecule has 29 heavy (non-hydrogen) atoms. The second-order valence-corrected chi connectivity index (χ2v) is 6.33. The number of hydrogen-bond acceptors (Lipinski definition) is 5. The van der Waals surface area contributed by atoms with Gasteiger partial charge in [0.15, 0.2) is 11.6 Å². The fourth-order valence-corrected chi connectivity index (χ4v) is 2.52. The maximum absolute atomic E-state index is 12.0. The molecule has 2 aromatic heterocycles. The lowest BCUT2D eigenvalue weighted by molar-refractivity contribution is -0.121. The van der Waals surface area contributed by atoms with Crippen LogP contribution in [0, 0.1) is 0 Å². The SMILES string of the molecule is Cn1nccc1/C=C/C(=O)CC(=O)/C=C/c1ccc(OCc2ccccn2)cc1. The van der Waals surface area contributed by atoms with Gasteiger partial charge in [0, 0.05) is 19.4 Å². The number of allylic oxidation sites excluding steroid dienone is 2. The lowest BCUT2D eigenvalue weighted by atomic mass is 10.1. The number of carbonyl (C=O) groups is 2. The molecule has 146 valence electrons. The predicted octanol–water partition coefficient (Wildman–Crippen LogP) is 3.65. The van der Waals surface area contributed by atoms with Crippen molar-refractivity contribution in [2.24, 2.45) is 7.05 Å². The number of ether oxygens (including phenoxy) is 1. The van der Waals surface area contributed by atoms with Gasteiger partial charge in [-0.3, -0.25) is 19.3 Å². The maximum atomic E-state index is 12.0. The first-order valence-electron chi connectivity index (χ1n) is 9.13. The highest BCUT2D eigenvalue weighted by Crippen LogP contribution is 2.14. The third-order valence-electron chi connectivity index (χ3n) is 4.10. The summed E-state index contributed by atoms with van der Waals surface area (Å²) in [7, 11) is 1.78. The highest BCUT2D eigenvalue weighted by Gasteiger charge is 2.04. The van der Waals surface area contributed by atoms with Crippen molar-refractivity contribution in [2.75, 3.05) is 0 Å². The van der Waals surface area contributed by atoms with Crippen molar-refractivity contribution in [1.29, 1.82) is 0 Å². The van der Waals surface area contributed by atoms with Gasteiger partial charge < -0.3 is 4.74 Å². The molecule has 2 heterocycles. The standard InChI is InChI=1S/C23H21N3O3/c1-26-20(13-15-25-26)8-10-22(28)16-21(27)9-5-18-6-11-23(12-7-18)29-17-19-4-2-3-14-24-19/h2-15H,16-17H2,1H3/b9-5+,10-8+. The summed E-state index contributed by atoms with van der Waals surface area (Å²) in [6.45, 7) is 0.392. The molecular formula is C23H21N3O3. The van der Waals surface area contributed by atoms with Crippen LogP contribution < -0.4 is 4.74 Å². The summed E-state index contributed by atoms with van der Waals surface area (Å²) in [5.74, 6) is 0.217. The van der Waals surface area contributed by atoms with Crippen molar-refractivity contribution < 1.29 is 14.3 Å². The van der Waals surface area contributed by atoms with E-state index in [0.717, 1.165) is 22.7 Å². The predicted molar refractivity (Wildman–Crippen MR) is 111 cm³/mol. The summed E-state index contributed by atoms with van der Waals surface area (Å²) in [5.41, 5.74) is 2.50. The second-order valence-electron chi connectivity index (χ2n) is 6.33. The van der Waals surface area contributed by atoms with Crippen molar-refractivity contribution in [2.45, 2.75) is 13.0 Å². The van der Waals surface area contributed by atoms with Gasteiger partial charge in [0.2, 0.25) is 0 Å². The Morgan fingerprint density at radius 1 is 0.966 bits per heavy atom. The molecule has 0 fully saturated rings. The summed E-state index contributed by atoms with van der Waals surface area (Å²) in [6, 6.07) is 14.8. The zero-order chi connectivity index (χ0) is 20.5. The van der Waals surface area contributed by atoms with Crippen LogP contribution in [0.3, 0.4) is 0 Å². The fourth-order valence-electron chi connectivity index (χ4n) is 2.52. The third-order valence-corrected chi connectivity index (χ3v) is 4.10. The van der Waals surface area contributed by atoms with Gasteiger partial charge in [-0.15, -0.1) is 0 Å². The van der Waals surface area contributed by atoms with E-state index in [1.54, 1.807) is 42.3 Å². The quantitative estimate of drug-likeness (QED) is 0.414. The molecule has 0 spiro atoms. The molecular weight excluding hydrogens is 366 g/mol. The Labute approximate surface area is 169 Å². The molecule has 6 heteroatoms. The average Bonchev–Trinajstić information content (AvgIpc) is 3.15. The third kappa shape index (κ3) is 6.39. The van der Waals surface area contributed by atoms with Crippen LogP contribution in [0.1, 0.15) is 23.4 Å². The van der Waals surface area contributed by atoms with Crippen molar-refractivity contribution in [3.05, 3.63) is 90.0 Å². The van der Waals surface area contributed by atoms with Crippen LogP contribution in [0.15, 0.2) is 73.1 Å². The number of pyridine rings is 1. The summed E-state index contributed by atoms with van der Waals surface area (Å²) in [5, 5.41) is 4.02. The molecule has 0 atom stereocenters. The number of hydrogen-bond donors (Lipinski definition) is 0. The second kappa shape index (κ2) is 9.94. The van der Waals surface area contributed by atoms with Gasteiger partial charge in [-0.1, -0.05) is 24.3 Å². The molecule has 0 N–H and O–H groups in total. The smallest absolute Gasteiger partial charge is 0.163 e. The van der Waals surface area contributed by atoms with Crippen molar-refractivity contribution in [1.82, 2.24) is 14.8 Å². The number of rotatable bonds is 9. The van der Waals surface area contributed by atoms with Crippen LogP contribution in [-0.4, -0.2) is 26.3 Å². The zero-order valence-electron chi connectivity index (χ0n) is 16.1. The van der Waals surface area contributed by atoms with E-state index in [1.807, 2.05) is 42.5 Å². The van der Waals surface area contributed by atoms with E-state index in [1.165, 1.54) is 12.2 Å². The van der Waals surface area contributed by atoms with Gasteiger partial charge in [-0.25, -0.2) is 0 Å². The van der Waals surface area contributed by atoms with Crippen LogP contribution in [0.5, 0.6) is 5.75 Å². The lowest BCUT2D eigenvalue weighted by Crippen LogP contribution is -2.02. The molecule has 0 amide bonds. The van der Waals surface area contributed by atoms with E-state index in [-0.39, 0.29) is 18.0 Å². The molecule has 3 rings (SSSR count). The van der Waals surface area contributed by atoms with Gasteiger partial charge in [-0.2, -0.15) is 5.10 Å². The summed E-state index contributed by atoms with van der Waals surface area (Å²) in [4.78, 5) is 28.1. The summed E-state index contributed by atoms with van der Waals surface area (Å²) in [6.07, 6.45) is 9.35. The minimum atomic E-state index is -0.251. The number of nitrogens with zero attached hydrogens (tertiary/aromatic N) is 3.